The van der Waals surface area contributed by atoms with E-state index in [0.717, 1.165) is 25.2 Å². The molecule has 0 aliphatic heterocycles. The van der Waals surface area contributed by atoms with Gasteiger partial charge in [0.25, 0.3) is 0 Å². The first-order valence-electron chi connectivity index (χ1n) is 5.75. The number of hydrogen-bond acceptors (Lipinski definition) is 2. The molecule has 15 heavy (non-hydrogen) atoms. The molecular formula is C12H18N2O. The van der Waals surface area contributed by atoms with Crippen LogP contribution in [0.3, 0.4) is 0 Å². The highest BCUT2D eigenvalue weighted by molar-refractivity contribution is 5.85. The largest absolute Gasteiger partial charge is 0.335 e. The number of carbonyl (C=O) groups is 1. The first kappa shape index (κ1) is 10.4. The lowest BCUT2D eigenvalue weighted by Crippen LogP contribution is -2.11. The van der Waals surface area contributed by atoms with Crippen molar-refractivity contribution in [2.45, 2.75) is 39.7 Å². The van der Waals surface area contributed by atoms with E-state index in [4.69, 9.17) is 0 Å². The van der Waals surface area contributed by atoms with Crippen LogP contribution in [0.15, 0.2) is 12.4 Å². The molecule has 1 fully saturated rings. The molecule has 1 aliphatic rings. The SMILES string of the molecule is CCCn1ccnc1CC(=O)C1CC1C. The smallest absolute Gasteiger partial charge is 0.143 e. The summed E-state index contributed by atoms with van der Waals surface area (Å²) in [7, 11) is 0. The molecule has 0 amide bonds. The van der Waals surface area contributed by atoms with Gasteiger partial charge in [0.2, 0.25) is 0 Å². The second-order valence-electron chi connectivity index (χ2n) is 4.50. The van der Waals surface area contributed by atoms with E-state index in [1.165, 1.54) is 0 Å². The van der Waals surface area contributed by atoms with Gasteiger partial charge >= 0.3 is 0 Å². The van der Waals surface area contributed by atoms with Crippen LogP contribution < -0.4 is 0 Å². The second-order valence-corrected chi connectivity index (χ2v) is 4.50. The molecule has 0 aromatic carbocycles. The molecule has 0 spiro atoms. The van der Waals surface area contributed by atoms with Crippen LogP contribution in [0.4, 0.5) is 0 Å². The number of aromatic nitrogens is 2. The first-order valence-corrected chi connectivity index (χ1v) is 5.75. The number of aryl methyl sites for hydroxylation is 1. The Kier molecular flexibility index (Phi) is 2.89. The average Bonchev–Trinajstić information content (AvgIpc) is 2.78. The van der Waals surface area contributed by atoms with Gasteiger partial charge in [-0.15, -0.1) is 0 Å². The number of ketones is 1. The minimum absolute atomic E-state index is 0.316. The highest BCUT2D eigenvalue weighted by Gasteiger charge is 2.38. The molecule has 2 atom stereocenters. The van der Waals surface area contributed by atoms with Crippen molar-refractivity contribution in [2.75, 3.05) is 0 Å². The third-order valence-electron chi connectivity index (χ3n) is 3.12. The molecule has 1 aliphatic carbocycles. The summed E-state index contributed by atoms with van der Waals surface area (Å²) in [4.78, 5) is 16.0. The van der Waals surface area contributed by atoms with Crippen molar-refractivity contribution in [2.24, 2.45) is 11.8 Å². The van der Waals surface area contributed by atoms with Crippen molar-refractivity contribution < 1.29 is 4.79 Å². The van der Waals surface area contributed by atoms with Crippen molar-refractivity contribution in [3.8, 4) is 0 Å². The fourth-order valence-corrected chi connectivity index (χ4v) is 2.01. The molecule has 0 radical (unpaired) electrons. The van der Waals surface area contributed by atoms with Gasteiger partial charge in [-0.2, -0.15) is 0 Å². The number of imidazole rings is 1. The Morgan fingerprint density at radius 2 is 2.40 bits per heavy atom. The molecule has 1 aromatic rings. The van der Waals surface area contributed by atoms with Gasteiger partial charge in [-0.1, -0.05) is 13.8 Å². The summed E-state index contributed by atoms with van der Waals surface area (Å²) < 4.78 is 2.09. The van der Waals surface area contributed by atoms with Crippen molar-refractivity contribution in [3.63, 3.8) is 0 Å². The monoisotopic (exact) mass is 206 g/mol. The minimum atomic E-state index is 0.316. The molecule has 1 heterocycles. The number of nitrogens with zero attached hydrogens (tertiary/aromatic N) is 2. The fourth-order valence-electron chi connectivity index (χ4n) is 2.01. The van der Waals surface area contributed by atoms with E-state index in [1.807, 2.05) is 6.20 Å². The van der Waals surface area contributed by atoms with Gasteiger partial charge in [0.15, 0.2) is 0 Å². The molecule has 0 saturated heterocycles. The number of rotatable bonds is 5. The predicted octanol–water partition coefficient (Wildman–Crippen LogP) is 2.06. The van der Waals surface area contributed by atoms with E-state index in [9.17, 15) is 4.79 Å². The van der Waals surface area contributed by atoms with E-state index in [0.29, 0.717) is 24.0 Å². The van der Waals surface area contributed by atoms with Crippen LogP contribution >= 0.6 is 0 Å². The maximum atomic E-state index is 11.8. The van der Waals surface area contributed by atoms with Gasteiger partial charge in [0, 0.05) is 24.9 Å². The Balaban J connectivity index is 1.97. The van der Waals surface area contributed by atoms with E-state index < -0.39 is 0 Å². The quantitative estimate of drug-likeness (QED) is 0.739. The van der Waals surface area contributed by atoms with Crippen LogP contribution in [0.25, 0.3) is 0 Å². The molecule has 1 saturated carbocycles. The van der Waals surface area contributed by atoms with Gasteiger partial charge in [0.05, 0.1) is 6.42 Å². The summed E-state index contributed by atoms with van der Waals surface area (Å²) in [6.07, 6.45) is 6.42. The maximum Gasteiger partial charge on any atom is 0.143 e. The molecule has 1 aromatic heterocycles. The topological polar surface area (TPSA) is 34.9 Å². The average molecular weight is 206 g/mol. The van der Waals surface area contributed by atoms with Crippen LogP contribution in [0.1, 0.15) is 32.5 Å². The predicted molar refractivity (Wildman–Crippen MR) is 58.5 cm³/mol. The molecule has 2 rings (SSSR count). The highest BCUT2D eigenvalue weighted by atomic mass is 16.1. The zero-order valence-electron chi connectivity index (χ0n) is 9.44. The third-order valence-corrected chi connectivity index (χ3v) is 3.12. The van der Waals surface area contributed by atoms with Crippen molar-refractivity contribution in [1.82, 2.24) is 9.55 Å². The summed E-state index contributed by atoms with van der Waals surface area (Å²) in [5.41, 5.74) is 0. The molecular weight excluding hydrogens is 188 g/mol. The van der Waals surface area contributed by atoms with Crippen LogP contribution in [0, 0.1) is 11.8 Å². The maximum absolute atomic E-state index is 11.8. The first-order chi connectivity index (χ1) is 7.22. The van der Waals surface area contributed by atoms with E-state index in [-0.39, 0.29) is 0 Å². The number of carbonyl (C=O) groups excluding carboxylic acids is 1. The van der Waals surface area contributed by atoms with E-state index >= 15 is 0 Å². The highest BCUT2D eigenvalue weighted by Crippen LogP contribution is 2.38. The second kappa shape index (κ2) is 4.17. The summed E-state index contributed by atoms with van der Waals surface area (Å²) in [6, 6.07) is 0. The third kappa shape index (κ3) is 2.28. The Morgan fingerprint density at radius 3 is 3.00 bits per heavy atom. The molecule has 0 bridgehead atoms. The number of Topliss-reactive ketones (excluding diaryl/α,β-unsaturated/α-hetero) is 1. The summed E-state index contributed by atoms with van der Waals surface area (Å²) in [5.74, 6) is 2.22. The lowest BCUT2D eigenvalue weighted by atomic mass is 10.1. The Bertz CT molecular complexity index is 356. The molecule has 0 N–H and O–H groups in total. The Hall–Kier alpha value is -1.12. The summed E-state index contributed by atoms with van der Waals surface area (Å²) in [6.45, 7) is 5.23. The number of hydrogen-bond donors (Lipinski definition) is 0. The zero-order chi connectivity index (χ0) is 10.8. The Labute approximate surface area is 90.5 Å². The fraction of sp³-hybridized carbons (Fsp3) is 0.667. The Morgan fingerprint density at radius 1 is 1.67 bits per heavy atom. The molecule has 3 heteroatoms. The van der Waals surface area contributed by atoms with Crippen LogP contribution in [0.5, 0.6) is 0 Å². The van der Waals surface area contributed by atoms with Gasteiger partial charge in [-0.05, 0) is 18.8 Å². The van der Waals surface area contributed by atoms with Crippen molar-refractivity contribution in [1.29, 1.82) is 0 Å². The zero-order valence-corrected chi connectivity index (χ0v) is 9.44. The van der Waals surface area contributed by atoms with Crippen molar-refractivity contribution in [3.05, 3.63) is 18.2 Å². The van der Waals surface area contributed by atoms with Gasteiger partial charge in [0.1, 0.15) is 11.6 Å². The van der Waals surface area contributed by atoms with Crippen LogP contribution in [0.2, 0.25) is 0 Å². The van der Waals surface area contributed by atoms with E-state index in [1.54, 1.807) is 6.20 Å². The standard InChI is InChI=1S/C12H18N2O/c1-3-5-14-6-4-13-12(14)8-11(15)10-7-9(10)2/h4,6,9-10H,3,5,7-8H2,1-2H3. The summed E-state index contributed by atoms with van der Waals surface area (Å²) in [5, 5.41) is 0. The minimum Gasteiger partial charge on any atom is -0.335 e. The van der Waals surface area contributed by atoms with Crippen LogP contribution in [-0.4, -0.2) is 15.3 Å². The molecule has 2 unspecified atom stereocenters. The van der Waals surface area contributed by atoms with Crippen LogP contribution in [-0.2, 0) is 17.8 Å². The van der Waals surface area contributed by atoms with Crippen molar-refractivity contribution >= 4 is 5.78 Å². The van der Waals surface area contributed by atoms with Gasteiger partial charge in [-0.3, -0.25) is 4.79 Å². The molecule has 82 valence electrons. The lowest BCUT2D eigenvalue weighted by molar-refractivity contribution is -0.120. The molecule has 3 nitrogen and oxygen atoms in total. The van der Waals surface area contributed by atoms with Gasteiger partial charge < -0.3 is 4.57 Å². The summed E-state index contributed by atoms with van der Waals surface area (Å²) >= 11 is 0. The van der Waals surface area contributed by atoms with E-state index in [2.05, 4.69) is 23.4 Å². The lowest BCUT2D eigenvalue weighted by Gasteiger charge is -2.04. The van der Waals surface area contributed by atoms with Gasteiger partial charge in [-0.25, -0.2) is 4.98 Å². The normalized spacial score (nSPS) is 24.1.